The van der Waals surface area contributed by atoms with Gasteiger partial charge in [0.1, 0.15) is 0 Å². The van der Waals surface area contributed by atoms with Crippen molar-refractivity contribution in [1.82, 2.24) is 0 Å². The van der Waals surface area contributed by atoms with E-state index in [2.05, 4.69) is 13.8 Å². The average molecular weight is 126 g/mol. The number of rotatable bonds is 0. The molecule has 1 aliphatic rings. The average Bonchev–Trinajstić information content (AvgIpc) is 1.64. The molecule has 0 saturated carbocycles. The van der Waals surface area contributed by atoms with Crippen LogP contribution >= 0.6 is 0 Å². The highest BCUT2D eigenvalue weighted by molar-refractivity contribution is 6.37. The molecule has 0 radical (unpaired) electrons. The molecule has 1 fully saturated rings. The van der Waals surface area contributed by atoms with Gasteiger partial charge in [-0.2, -0.15) is 0 Å². The van der Waals surface area contributed by atoms with Crippen molar-refractivity contribution in [2.45, 2.75) is 36.8 Å². The van der Waals surface area contributed by atoms with Gasteiger partial charge in [0.25, 0.3) is 0 Å². The number of hydrogen-bond donors (Lipinski definition) is 0. The van der Waals surface area contributed by atoms with Gasteiger partial charge in [0, 0.05) is 0 Å². The van der Waals surface area contributed by atoms with Crippen molar-refractivity contribution in [2.75, 3.05) is 0 Å². The zero-order valence-electron chi connectivity index (χ0n) is 5.98. The van der Waals surface area contributed by atoms with Gasteiger partial charge in [-0.05, 0) is 5.92 Å². The van der Waals surface area contributed by atoms with E-state index >= 15 is 0 Å². The molecule has 1 rings (SSSR count). The lowest BCUT2D eigenvalue weighted by Gasteiger charge is -2.21. The predicted octanol–water partition coefficient (Wildman–Crippen LogP) is 2.08. The Morgan fingerprint density at radius 3 is 2.50 bits per heavy atom. The van der Waals surface area contributed by atoms with E-state index in [-0.39, 0.29) is 0 Å². The van der Waals surface area contributed by atoms with Crippen molar-refractivity contribution in [3.8, 4) is 0 Å². The molecule has 1 heteroatoms. The van der Waals surface area contributed by atoms with Crippen LogP contribution in [0.5, 0.6) is 0 Å². The quantitative estimate of drug-likeness (QED) is 0.436. The summed E-state index contributed by atoms with van der Waals surface area (Å²) in [4.78, 5) is 0. The molecule has 2 atom stereocenters. The summed E-state index contributed by atoms with van der Waals surface area (Å²) in [6.07, 6.45) is 3.07. The summed E-state index contributed by atoms with van der Waals surface area (Å²) >= 11 is 0.401. The van der Waals surface area contributed by atoms with Gasteiger partial charge < -0.3 is 0 Å². The molecule has 46 valence electrons. The second-order valence-corrected chi connectivity index (χ2v) is 6.06. The van der Waals surface area contributed by atoms with Crippen LogP contribution in [0.25, 0.3) is 0 Å². The first-order valence-electron chi connectivity index (χ1n) is 3.79. The lowest BCUT2D eigenvalue weighted by atomic mass is 10.0. The van der Waals surface area contributed by atoms with Gasteiger partial charge in [-0.3, -0.25) is 0 Å². The summed E-state index contributed by atoms with van der Waals surface area (Å²) in [7, 11) is 0. The molecule has 0 aromatic rings. The molecule has 1 heterocycles. The Labute approximate surface area is 58.4 Å². The van der Waals surface area contributed by atoms with Gasteiger partial charge in [0.05, 0.1) is 0 Å². The van der Waals surface area contributed by atoms with Gasteiger partial charge in [-0.1, -0.05) is 36.8 Å². The second-order valence-electron chi connectivity index (χ2n) is 3.38. The molecule has 8 heavy (non-hydrogen) atoms. The van der Waals surface area contributed by atoms with Crippen LogP contribution in [0.3, 0.4) is 0 Å². The maximum absolute atomic E-state index is 2.43. The van der Waals surface area contributed by atoms with E-state index in [1.807, 2.05) is 0 Å². The van der Waals surface area contributed by atoms with Gasteiger partial charge in [0.15, 0.2) is 0 Å². The van der Waals surface area contributed by atoms with Crippen LogP contribution in [0.15, 0.2) is 0 Å². The van der Waals surface area contributed by atoms with Crippen molar-refractivity contribution in [1.29, 1.82) is 0 Å². The van der Waals surface area contributed by atoms with E-state index in [0.717, 1.165) is 10.7 Å². The first-order chi connectivity index (χ1) is 3.79. The highest BCUT2D eigenvalue weighted by Crippen LogP contribution is 2.26. The topological polar surface area (TPSA) is 0 Å². The third-order valence-electron chi connectivity index (χ3n) is 2.20. The molecule has 0 bridgehead atoms. The smallest absolute Gasteiger partial charge is 0.0968 e. The second kappa shape index (κ2) is 2.90. The van der Waals surface area contributed by atoms with Crippen molar-refractivity contribution in [3.05, 3.63) is 0 Å². The summed E-state index contributed by atoms with van der Waals surface area (Å²) in [5.74, 6) is 1.05. The summed E-state index contributed by atoms with van der Waals surface area (Å²) in [5, 5.41) is 1.61. The van der Waals surface area contributed by atoms with Crippen molar-refractivity contribution < 1.29 is 0 Å². The largest absolute Gasteiger partial charge is 0.240 e. The minimum absolute atomic E-state index is 0.401. The lowest BCUT2D eigenvalue weighted by Crippen LogP contribution is -2.12. The van der Waals surface area contributed by atoms with Gasteiger partial charge in [-0.25, -0.2) is 0 Å². The molecule has 0 aromatic heterocycles. The highest BCUT2D eigenvalue weighted by atomic mass is 27.1. The molecule has 0 spiro atoms. The van der Waals surface area contributed by atoms with Crippen molar-refractivity contribution >= 4 is 15.2 Å². The Kier molecular flexibility index (Phi) is 2.41. The predicted molar refractivity (Wildman–Crippen MR) is 39.8 cm³/mol. The molecule has 0 nitrogen and oxygen atoms in total. The van der Waals surface area contributed by atoms with Crippen molar-refractivity contribution in [3.63, 3.8) is 0 Å². The molecule has 1 aliphatic heterocycles. The SMILES string of the molecule is CC1C[CH2][AlH][CH](C)C1. The molecule has 1 saturated heterocycles. The molecular weight excluding hydrogens is 111 g/mol. The first-order valence-corrected chi connectivity index (χ1v) is 5.60. The summed E-state index contributed by atoms with van der Waals surface area (Å²) < 4.78 is 1.15. The van der Waals surface area contributed by atoms with Crippen LogP contribution in [-0.4, -0.2) is 15.2 Å². The molecule has 0 aliphatic carbocycles. The third-order valence-corrected chi connectivity index (χ3v) is 4.33. The highest BCUT2D eigenvalue weighted by Gasteiger charge is 2.15. The molecule has 0 amide bonds. The monoisotopic (exact) mass is 126 g/mol. The Balaban J connectivity index is 2.23. The van der Waals surface area contributed by atoms with Crippen LogP contribution in [-0.2, 0) is 0 Å². The molecular formula is C7H15Al. The fourth-order valence-corrected chi connectivity index (χ4v) is 4.17. The molecule has 0 N–H and O–H groups in total. The van der Waals surface area contributed by atoms with Crippen LogP contribution < -0.4 is 0 Å². The summed E-state index contributed by atoms with van der Waals surface area (Å²) in [5.41, 5.74) is 0. The summed E-state index contributed by atoms with van der Waals surface area (Å²) in [6.45, 7) is 4.83. The standard InChI is InChI=1S/C7H14.Al.H/c1-4-6-7(3)5-2;;/h4,7H,2,5-6H2,1,3H3;;. The Bertz CT molecular complexity index is 62.8. The molecule has 0 aromatic carbocycles. The minimum Gasteiger partial charge on any atom is -0.0968 e. The fraction of sp³-hybridized carbons (Fsp3) is 1.00. The van der Waals surface area contributed by atoms with Crippen molar-refractivity contribution in [2.24, 2.45) is 5.92 Å². The molecule has 2 unspecified atom stereocenters. The number of hydrogen-bond acceptors (Lipinski definition) is 0. The van der Waals surface area contributed by atoms with Crippen LogP contribution in [0.4, 0.5) is 0 Å². The van der Waals surface area contributed by atoms with E-state index in [1.54, 1.807) is 5.28 Å². The van der Waals surface area contributed by atoms with Gasteiger partial charge in [-0.15, -0.1) is 0 Å². The lowest BCUT2D eigenvalue weighted by molar-refractivity contribution is 0.483. The van der Waals surface area contributed by atoms with Gasteiger partial charge in [0.2, 0.25) is 15.2 Å². The van der Waals surface area contributed by atoms with Crippen LogP contribution in [0.1, 0.15) is 26.7 Å². The Hall–Kier alpha value is 0.532. The van der Waals surface area contributed by atoms with Crippen LogP contribution in [0.2, 0.25) is 10.1 Å². The Morgan fingerprint density at radius 1 is 1.38 bits per heavy atom. The first kappa shape index (κ1) is 6.65. The van der Waals surface area contributed by atoms with Gasteiger partial charge >= 0.3 is 0 Å². The normalized spacial score (nSPS) is 38.8. The van der Waals surface area contributed by atoms with E-state index in [0.29, 0.717) is 15.2 Å². The third kappa shape index (κ3) is 1.80. The zero-order valence-corrected chi connectivity index (χ0v) is 7.40. The summed E-state index contributed by atoms with van der Waals surface area (Å²) in [6, 6.07) is 0. The van der Waals surface area contributed by atoms with E-state index < -0.39 is 0 Å². The van der Waals surface area contributed by atoms with E-state index in [9.17, 15) is 0 Å². The van der Waals surface area contributed by atoms with Crippen LogP contribution in [0, 0.1) is 5.92 Å². The zero-order chi connectivity index (χ0) is 5.98. The maximum atomic E-state index is 2.43. The van der Waals surface area contributed by atoms with E-state index in [1.165, 1.54) is 12.8 Å². The maximum Gasteiger partial charge on any atom is 0.240 e. The minimum atomic E-state index is 0.401. The Morgan fingerprint density at radius 2 is 2.12 bits per heavy atom. The van der Waals surface area contributed by atoms with E-state index in [4.69, 9.17) is 0 Å². The fourth-order valence-electron chi connectivity index (χ4n) is 1.74.